The van der Waals surface area contributed by atoms with Crippen molar-refractivity contribution in [2.75, 3.05) is 19.7 Å². The Hall–Kier alpha value is -1.69. The molecule has 0 spiro atoms. The van der Waals surface area contributed by atoms with E-state index in [4.69, 9.17) is 4.74 Å². The number of benzene rings is 1. The summed E-state index contributed by atoms with van der Waals surface area (Å²) in [6, 6.07) is 2.40. The molecule has 0 heterocycles. The molecule has 0 aromatic heterocycles. The van der Waals surface area contributed by atoms with Gasteiger partial charge in [0, 0.05) is 13.1 Å². The molecule has 0 saturated carbocycles. The zero-order chi connectivity index (χ0) is 15.0. The van der Waals surface area contributed by atoms with E-state index in [9.17, 15) is 13.6 Å². The third-order valence-corrected chi connectivity index (χ3v) is 2.56. The summed E-state index contributed by atoms with van der Waals surface area (Å²) in [6.07, 6.45) is 0.785. The zero-order valence-corrected chi connectivity index (χ0v) is 11.8. The first-order valence-electron chi connectivity index (χ1n) is 6.66. The fourth-order valence-corrected chi connectivity index (χ4v) is 1.57. The zero-order valence-electron chi connectivity index (χ0n) is 11.8. The van der Waals surface area contributed by atoms with Crippen LogP contribution >= 0.6 is 0 Å². The second-order valence-corrected chi connectivity index (χ2v) is 4.31. The highest BCUT2D eigenvalue weighted by Crippen LogP contribution is 2.23. The first-order chi connectivity index (χ1) is 9.58. The molecule has 0 aliphatic carbocycles. The summed E-state index contributed by atoms with van der Waals surface area (Å²) in [5.41, 5.74) is 0.490. The summed E-state index contributed by atoms with van der Waals surface area (Å²) < 4.78 is 32.3. The van der Waals surface area contributed by atoms with E-state index in [1.165, 1.54) is 12.1 Å². The van der Waals surface area contributed by atoms with Crippen molar-refractivity contribution in [1.29, 1.82) is 0 Å². The van der Waals surface area contributed by atoms with Crippen LogP contribution in [0.4, 0.5) is 8.78 Å². The molecule has 0 unspecified atom stereocenters. The Kier molecular flexibility index (Phi) is 6.93. The van der Waals surface area contributed by atoms with Crippen molar-refractivity contribution in [3.8, 4) is 5.75 Å². The predicted octanol–water partition coefficient (Wildman–Crippen LogP) is 1.98. The lowest BCUT2D eigenvalue weighted by molar-refractivity contribution is -0.123. The topological polar surface area (TPSA) is 50.4 Å². The molecular formula is C14H20F2N2O2. The first-order valence-corrected chi connectivity index (χ1v) is 6.66. The quantitative estimate of drug-likeness (QED) is 0.768. The van der Waals surface area contributed by atoms with Crippen LogP contribution in [0.25, 0.3) is 0 Å². The van der Waals surface area contributed by atoms with Gasteiger partial charge >= 0.3 is 0 Å². The number of hydrogen-bond acceptors (Lipinski definition) is 3. The van der Waals surface area contributed by atoms with Gasteiger partial charge in [-0.2, -0.15) is 0 Å². The second-order valence-electron chi connectivity index (χ2n) is 4.31. The monoisotopic (exact) mass is 286 g/mol. The Morgan fingerprint density at radius 1 is 1.25 bits per heavy atom. The number of halogens is 2. The van der Waals surface area contributed by atoms with Crippen LogP contribution in [0.15, 0.2) is 12.1 Å². The average molecular weight is 286 g/mol. The minimum absolute atomic E-state index is 0.377. The van der Waals surface area contributed by atoms with Crippen molar-refractivity contribution in [2.24, 2.45) is 0 Å². The summed E-state index contributed by atoms with van der Waals surface area (Å²) in [6.45, 7) is 5.00. The van der Waals surface area contributed by atoms with Crippen molar-refractivity contribution in [2.45, 2.75) is 26.8 Å². The van der Waals surface area contributed by atoms with Crippen molar-refractivity contribution in [1.82, 2.24) is 10.6 Å². The van der Waals surface area contributed by atoms with E-state index in [0.717, 1.165) is 6.42 Å². The number of nitrogens with one attached hydrogen (secondary N) is 2. The van der Waals surface area contributed by atoms with E-state index in [0.29, 0.717) is 25.2 Å². The maximum atomic E-state index is 13.7. The molecule has 1 aromatic carbocycles. The number of rotatable bonds is 8. The molecule has 112 valence electrons. The minimum atomic E-state index is -0.804. The third kappa shape index (κ3) is 5.13. The van der Waals surface area contributed by atoms with Gasteiger partial charge in [0.2, 0.25) is 0 Å². The van der Waals surface area contributed by atoms with Crippen LogP contribution in [0.5, 0.6) is 5.75 Å². The van der Waals surface area contributed by atoms with Crippen LogP contribution in [-0.4, -0.2) is 25.6 Å². The predicted molar refractivity (Wildman–Crippen MR) is 72.5 cm³/mol. The lowest BCUT2D eigenvalue weighted by Crippen LogP contribution is -2.29. The van der Waals surface area contributed by atoms with Crippen molar-refractivity contribution < 1.29 is 18.3 Å². The summed E-state index contributed by atoms with van der Waals surface area (Å²) in [7, 11) is 0. The molecule has 0 atom stereocenters. The van der Waals surface area contributed by atoms with Gasteiger partial charge in [-0.05, 0) is 30.7 Å². The van der Waals surface area contributed by atoms with Crippen LogP contribution < -0.4 is 15.4 Å². The number of ether oxygens (including phenoxy) is 1. The fourth-order valence-electron chi connectivity index (χ4n) is 1.57. The van der Waals surface area contributed by atoms with Crippen LogP contribution in [0, 0.1) is 11.6 Å². The Morgan fingerprint density at radius 3 is 2.45 bits per heavy atom. The Bertz CT molecular complexity index is 430. The first kappa shape index (κ1) is 16.4. The Balaban J connectivity index is 2.64. The van der Waals surface area contributed by atoms with Crippen LogP contribution in [0.2, 0.25) is 0 Å². The maximum Gasteiger partial charge on any atom is 0.257 e. The third-order valence-electron chi connectivity index (χ3n) is 2.56. The second kappa shape index (κ2) is 8.47. The highest BCUT2D eigenvalue weighted by atomic mass is 19.1. The van der Waals surface area contributed by atoms with Gasteiger partial charge in [0.15, 0.2) is 24.0 Å². The minimum Gasteiger partial charge on any atom is -0.478 e. The molecule has 0 radical (unpaired) electrons. The molecule has 1 aromatic rings. The van der Waals surface area contributed by atoms with Crippen LogP contribution in [-0.2, 0) is 11.3 Å². The molecule has 1 rings (SSSR count). The van der Waals surface area contributed by atoms with E-state index in [-0.39, 0.29) is 0 Å². The molecule has 4 nitrogen and oxygen atoms in total. The standard InChI is InChI=1S/C14H20F2N2O2/c1-3-5-18-13(19)9-20-14-11(15)6-10(7-12(14)16)8-17-4-2/h6-7,17H,3-5,8-9H2,1-2H3,(H,18,19). The summed E-state index contributed by atoms with van der Waals surface area (Å²) in [4.78, 5) is 11.3. The van der Waals surface area contributed by atoms with Gasteiger partial charge in [-0.25, -0.2) is 8.78 Å². The number of carbonyl (C=O) groups excluding carboxylic acids is 1. The van der Waals surface area contributed by atoms with Gasteiger partial charge in [0.1, 0.15) is 0 Å². The number of carbonyl (C=O) groups is 1. The molecular weight excluding hydrogens is 266 g/mol. The number of hydrogen-bond donors (Lipinski definition) is 2. The average Bonchev–Trinajstić information content (AvgIpc) is 2.41. The fraction of sp³-hybridized carbons (Fsp3) is 0.500. The Morgan fingerprint density at radius 2 is 1.90 bits per heavy atom. The molecule has 0 aliphatic heterocycles. The Labute approximate surface area is 117 Å². The molecule has 1 amide bonds. The lowest BCUT2D eigenvalue weighted by atomic mass is 10.2. The van der Waals surface area contributed by atoms with Crippen LogP contribution in [0.3, 0.4) is 0 Å². The summed E-state index contributed by atoms with van der Waals surface area (Å²) in [5.74, 6) is -2.53. The van der Waals surface area contributed by atoms with Crippen molar-refractivity contribution in [3.05, 3.63) is 29.3 Å². The van der Waals surface area contributed by atoms with Crippen molar-refractivity contribution >= 4 is 5.91 Å². The molecule has 0 fully saturated rings. The smallest absolute Gasteiger partial charge is 0.257 e. The molecule has 0 bridgehead atoms. The number of amides is 1. The SMILES string of the molecule is CCCNC(=O)COc1c(F)cc(CNCC)cc1F. The van der Waals surface area contributed by atoms with Gasteiger partial charge in [0.05, 0.1) is 0 Å². The van der Waals surface area contributed by atoms with Gasteiger partial charge in [0.25, 0.3) is 5.91 Å². The van der Waals surface area contributed by atoms with E-state index in [2.05, 4.69) is 10.6 Å². The van der Waals surface area contributed by atoms with E-state index in [1.807, 2.05) is 13.8 Å². The molecule has 0 saturated heterocycles. The van der Waals surface area contributed by atoms with E-state index >= 15 is 0 Å². The van der Waals surface area contributed by atoms with Gasteiger partial charge in [-0.3, -0.25) is 4.79 Å². The molecule has 0 aliphatic rings. The van der Waals surface area contributed by atoms with Gasteiger partial charge in [-0.1, -0.05) is 13.8 Å². The largest absolute Gasteiger partial charge is 0.478 e. The van der Waals surface area contributed by atoms with Crippen molar-refractivity contribution in [3.63, 3.8) is 0 Å². The summed E-state index contributed by atoms with van der Waals surface area (Å²) in [5, 5.41) is 5.54. The highest BCUT2D eigenvalue weighted by Gasteiger charge is 2.14. The highest BCUT2D eigenvalue weighted by molar-refractivity contribution is 5.77. The summed E-state index contributed by atoms with van der Waals surface area (Å²) >= 11 is 0. The van der Waals surface area contributed by atoms with Gasteiger partial charge < -0.3 is 15.4 Å². The molecule has 20 heavy (non-hydrogen) atoms. The van der Waals surface area contributed by atoms with Gasteiger partial charge in [-0.15, -0.1) is 0 Å². The van der Waals surface area contributed by atoms with Crippen LogP contribution in [0.1, 0.15) is 25.8 Å². The van der Waals surface area contributed by atoms with E-state index < -0.39 is 29.9 Å². The maximum absolute atomic E-state index is 13.7. The van der Waals surface area contributed by atoms with E-state index in [1.54, 1.807) is 0 Å². The normalized spacial score (nSPS) is 10.4. The molecule has 6 heteroatoms. The molecule has 2 N–H and O–H groups in total. The lowest BCUT2D eigenvalue weighted by Gasteiger charge is -2.10.